The Labute approximate surface area is 217 Å². The van der Waals surface area contributed by atoms with Gasteiger partial charge >= 0.3 is 7.12 Å². The molecule has 1 aliphatic heterocycles. The zero-order chi connectivity index (χ0) is 30.3. The van der Waals surface area contributed by atoms with Crippen molar-refractivity contribution < 1.29 is 18.9 Å². The number of fused-ring (bicyclic) bond motifs is 2. The Morgan fingerprint density at radius 1 is 0.629 bits per heavy atom. The molecule has 0 unspecified atom stereocenters. The molecule has 0 aromatic heterocycles. The molecule has 0 aliphatic carbocycles. The molecule has 172 valence electrons. The summed E-state index contributed by atoms with van der Waals surface area (Å²) in [5.74, 6) is 0. The summed E-state index contributed by atoms with van der Waals surface area (Å²) in [7, 11) is -0.467. The van der Waals surface area contributed by atoms with Gasteiger partial charge < -0.3 is 9.31 Å². The lowest BCUT2D eigenvalue weighted by Gasteiger charge is -2.32. The van der Waals surface area contributed by atoms with Gasteiger partial charge in [-0.25, -0.2) is 0 Å². The largest absolute Gasteiger partial charge is 0.494 e. The Morgan fingerprint density at radius 2 is 1.26 bits per heavy atom. The minimum absolute atomic E-state index is 0.0469. The Kier molecular flexibility index (Phi) is 3.60. The van der Waals surface area contributed by atoms with E-state index in [1.807, 2.05) is 70.2 Å². The number of benzene rings is 5. The van der Waals surface area contributed by atoms with E-state index >= 15 is 0 Å². The Balaban J connectivity index is 1.44. The average Bonchev–Trinajstić information content (AvgIpc) is 3.19. The maximum absolute atomic E-state index is 8.66. The molecular weight excluding hydrogens is 427 g/mol. The normalized spacial score (nSPS) is 19.5. The van der Waals surface area contributed by atoms with Crippen LogP contribution in [0.15, 0.2) is 103 Å². The zero-order valence-corrected chi connectivity index (χ0v) is 20.2. The van der Waals surface area contributed by atoms with E-state index in [9.17, 15) is 0 Å². The van der Waals surface area contributed by atoms with Gasteiger partial charge in [-0.1, -0.05) is 90.8 Å². The van der Waals surface area contributed by atoms with Crippen LogP contribution in [0.4, 0.5) is 0 Å². The average molecular weight is 463 g/mol. The van der Waals surface area contributed by atoms with E-state index in [-0.39, 0.29) is 46.5 Å². The van der Waals surface area contributed by atoms with E-state index in [0.717, 1.165) is 27.4 Å². The van der Waals surface area contributed by atoms with Crippen molar-refractivity contribution in [1.82, 2.24) is 0 Å². The fourth-order valence-electron chi connectivity index (χ4n) is 4.45. The van der Waals surface area contributed by atoms with Gasteiger partial charge in [-0.2, -0.15) is 0 Å². The first-order chi connectivity index (χ1) is 19.7. The second-order valence-electron chi connectivity index (χ2n) is 9.99. The van der Waals surface area contributed by atoms with Crippen LogP contribution in [0.1, 0.15) is 37.3 Å². The lowest BCUT2D eigenvalue weighted by Crippen LogP contribution is -2.41. The minimum Gasteiger partial charge on any atom is -0.399 e. The molecule has 35 heavy (non-hydrogen) atoms. The van der Waals surface area contributed by atoms with Crippen molar-refractivity contribution in [2.75, 3.05) is 0 Å². The highest BCUT2D eigenvalue weighted by Gasteiger charge is 2.51. The fraction of sp³-hybridized carbons (Fsp3) is 0.188. The van der Waals surface area contributed by atoms with Crippen LogP contribution >= 0.6 is 0 Å². The maximum Gasteiger partial charge on any atom is 0.494 e. The molecular formula is C32H29BO2. The van der Waals surface area contributed by atoms with E-state index in [0.29, 0.717) is 5.56 Å². The molecule has 1 fully saturated rings. The van der Waals surface area contributed by atoms with Crippen LogP contribution in [0, 0.1) is 0 Å². The summed E-state index contributed by atoms with van der Waals surface area (Å²) in [5.41, 5.74) is 2.84. The molecule has 0 N–H and O–H groups in total. The summed E-state index contributed by atoms with van der Waals surface area (Å²) in [6, 6.07) is 17.1. The third-order valence-corrected chi connectivity index (χ3v) is 7.19. The first-order valence-electron chi connectivity index (χ1n) is 15.2. The van der Waals surface area contributed by atoms with E-state index in [4.69, 9.17) is 18.9 Å². The molecule has 0 saturated carbocycles. The van der Waals surface area contributed by atoms with Crippen molar-refractivity contribution in [1.29, 1.82) is 0 Å². The Bertz CT molecular complexity index is 1910. The molecule has 2 nitrogen and oxygen atoms in total. The van der Waals surface area contributed by atoms with Crippen LogP contribution in [0.3, 0.4) is 0 Å². The van der Waals surface area contributed by atoms with Gasteiger partial charge in [0.2, 0.25) is 0 Å². The number of hydrogen-bond donors (Lipinski definition) is 0. The third-order valence-electron chi connectivity index (χ3n) is 7.19. The lowest BCUT2D eigenvalue weighted by atomic mass is 9.78. The summed E-state index contributed by atoms with van der Waals surface area (Å²) in [6.45, 7) is 8.12. The Hall–Kier alpha value is -3.40. The predicted octanol–water partition coefficient (Wildman–Crippen LogP) is 7.63. The molecule has 5 aromatic rings. The maximum atomic E-state index is 8.66. The molecule has 1 saturated heterocycles. The van der Waals surface area contributed by atoms with Crippen LogP contribution in [0.5, 0.6) is 0 Å². The summed E-state index contributed by atoms with van der Waals surface area (Å²) in [4.78, 5) is 0. The van der Waals surface area contributed by atoms with Gasteiger partial charge in [0.25, 0.3) is 0 Å². The third kappa shape index (κ3) is 3.85. The first-order valence-corrected chi connectivity index (χ1v) is 11.7. The van der Waals surface area contributed by atoms with Gasteiger partial charge in [-0.05, 0) is 89.1 Å². The van der Waals surface area contributed by atoms with Crippen molar-refractivity contribution in [2.24, 2.45) is 0 Å². The number of rotatable bonds is 3. The van der Waals surface area contributed by atoms with Crippen molar-refractivity contribution in [2.45, 2.75) is 38.9 Å². The first kappa shape index (κ1) is 15.6. The number of hydrogen-bond acceptors (Lipinski definition) is 2. The summed E-state index contributed by atoms with van der Waals surface area (Å²) >= 11 is 0. The molecule has 1 aliphatic rings. The summed E-state index contributed by atoms with van der Waals surface area (Å²) in [6.07, 6.45) is 0. The SMILES string of the molecule is [2H]c1c([2H])c([2H])c2c(-c3ccc4cc(-c5cccc(B6OC(C)(C)C(C)(C)O6)c5)ccc4c3)c([2H])c([2H])c([2H])c2c1[2H]. The molecule has 6 rings (SSSR count). The van der Waals surface area contributed by atoms with Crippen molar-refractivity contribution in [3.63, 3.8) is 0 Å². The summed E-state index contributed by atoms with van der Waals surface area (Å²) in [5, 5.41) is 1.85. The van der Waals surface area contributed by atoms with Crippen LogP contribution in [0.25, 0.3) is 43.8 Å². The van der Waals surface area contributed by atoms with E-state index in [2.05, 4.69) is 12.1 Å². The van der Waals surface area contributed by atoms with Crippen LogP contribution < -0.4 is 5.46 Å². The van der Waals surface area contributed by atoms with Gasteiger partial charge in [-0.3, -0.25) is 0 Å². The van der Waals surface area contributed by atoms with Crippen molar-refractivity contribution in [3.8, 4) is 22.3 Å². The molecule has 0 bridgehead atoms. The second-order valence-corrected chi connectivity index (χ2v) is 9.99. The van der Waals surface area contributed by atoms with Crippen molar-refractivity contribution in [3.05, 3.63) is 103 Å². The van der Waals surface area contributed by atoms with Gasteiger partial charge in [-0.15, -0.1) is 0 Å². The predicted molar refractivity (Wildman–Crippen MR) is 148 cm³/mol. The van der Waals surface area contributed by atoms with E-state index in [1.54, 1.807) is 6.07 Å². The monoisotopic (exact) mass is 463 g/mol. The highest BCUT2D eigenvalue weighted by atomic mass is 16.7. The van der Waals surface area contributed by atoms with Crippen LogP contribution in [0.2, 0.25) is 0 Å². The quantitative estimate of drug-likeness (QED) is 0.256. The van der Waals surface area contributed by atoms with Gasteiger partial charge in [0.15, 0.2) is 0 Å². The van der Waals surface area contributed by atoms with E-state index in [1.165, 1.54) is 0 Å². The van der Waals surface area contributed by atoms with Gasteiger partial charge in [0, 0.05) is 0 Å². The van der Waals surface area contributed by atoms with Crippen LogP contribution in [-0.2, 0) is 9.31 Å². The molecule has 3 heteroatoms. The fourth-order valence-corrected chi connectivity index (χ4v) is 4.45. The summed E-state index contributed by atoms with van der Waals surface area (Å²) < 4.78 is 71.0. The molecule has 0 spiro atoms. The molecule has 1 heterocycles. The minimum atomic E-state index is -0.467. The zero-order valence-electron chi connectivity index (χ0n) is 27.2. The topological polar surface area (TPSA) is 18.5 Å². The molecule has 0 radical (unpaired) electrons. The van der Waals surface area contributed by atoms with Crippen LogP contribution in [-0.4, -0.2) is 18.3 Å². The lowest BCUT2D eigenvalue weighted by molar-refractivity contribution is 0.00578. The van der Waals surface area contributed by atoms with Crippen molar-refractivity contribution >= 4 is 34.1 Å². The highest BCUT2D eigenvalue weighted by molar-refractivity contribution is 6.62. The van der Waals surface area contributed by atoms with E-state index < -0.39 is 30.4 Å². The standard InChI is InChI=1S/C32H29BO2/c1-31(2)32(3,4)35-33(34-31)28-12-7-11-23(21-28)24-15-16-26-20-27(18-17-25(26)19-24)30-14-8-10-22-9-5-6-13-29(22)30/h5-21H,1-4H3/i5D,6D,8D,9D,10D,13D,14D. The van der Waals surface area contributed by atoms with Gasteiger partial charge in [0.05, 0.1) is 20.8 Å². The molecule has 0 amide bonds. The second kappa shape index (κ2) is 8.08. The highest BCUT2D eigenvalue weighted by Crippen LogP contribution is 2.37. The molecule has 5 aromatic carbocycles. The van der Waals surface area contributed by atoms with Gasteiger partial charge in [0.1, 0.15) is 0 Å². The smallest absolute Gasteiger partial charge is 0.399 e. The Morgan fingerprint density at radius 3 is 2.03 bits per heavy atom. The molecule has 0 atom stereocenters.